The number of hydrogen-bond donors (Lipinski definition) is 0. The minimum atomic E-state index is 1.26. The molecule has 0 saturated heterocycles. The Morgan fingerprint density at radius 3 is 2.00 bits per heavy atom. The first-order valence-electron chi connectivity index (χ1n) is 6.10. The lowest BCUT2D eigenvalue weighted by Crippen LogP contribution is -1.97. The van der Waals surface area contributed by atoms with Crippen molar-refractivity contribution >= 4 is 0 Å². The molecule has 0 bridgehead atoms. The lowest BCUT2D eigenvalue weighted by atomic mass is 9.96. The molecule has 0 fully saturated rings. The van der Waals surface area contributed by atoms with E-state index in [9.17, 15) is 0 Å². The zero-order valence-electron chi connectivity index (χ0n) is 9.74. The van der Waals surface area contributed by atoms with Crippen molar-refractivity contribution in [3.63, 3.8) is 0 Å². The van der Waals surface area contributed by atoms with Crippen molar-refractivity contribution in [2.45, 2.75) is 32.6 Å². The van der Waals surface area contributed by atoms with E-state index in [1.54, 1.807) is 11.1 Å². The number of fused-ring (bicyclic) bond motifs is 1. The van der Waals surface area contributed by atoms with Crippen molar-refractivity contribution in [1.82, 2.24) is 4.57 Å². The second kappa shape index (κ2) is 3.82. The quantitative estimate of drug-likeness (QED) is 0.678. The molecule has 0 N–H and O–H groups in total. The van der Waals surface area contributed by atoms with Gasteiger partial charge in [0.1, 0.15) is 0 Å². The fourth-order valence-electron chi connectivity index (χ4n) is 2.49. The van der Waals surface area contributed by atoms with Crippen molar-refractivity contribution in [3.05, 3.63) is 53.3 Å². The van der Waals surface area contributed by atoms with Crippen LogP contribution in [0.3, 0.4) is 0 Å². The zero-order chi connectivity index (χ0) is 11.0. The largest absolute Gasteiger partial charge is 0.323 e. The van der Waals surface area contributed by atoms with Gasteiger partial charge in [-0.3, -0.25) is 0 Å². The van der Waals surface area contributed by atoms with Crippen LogP contribution in [0.1, 0.15) is 29.5 Å². The monoisotopic (exact) mass is 211 g/mol. The molecule has 1 aromatic heterocycles. The van der Waals surface area contributed by atoms with Gasteiger partial charge in [0.25, 0.3) is 0 Å². The smallest absolute Gasteiger partial charge is 0.0449 e. The average Bonchev–Trinajstić information content (AvgIpc) is 2.73. The molecule has 1 aromatic carbocycles. The lowest BCUT2D eigenvalue weighted by Gasteiger charge is -2.08. The van der Waals surface area contributed by atoms with E-state index in [0.29, 0.717) is 0 Å². The third-order valence-electron chi connectivity index (χ3n) is 3.48. The number of aromatic nitrogens is 1. The molecule has 0 unspecified atom stereocenters. The maximum Gasteiger partial charge on any atom is 0.0449 e. The number of hydrogen-bond acceptors (Lipinski definition) is 0. The summed E-state index contributed by atoms with van der Waals surface area (Å²) < 4.78 is 2.27. The van der Waals surface area contributed by atoms with E-state index in [0.717, 1.165) is 0 Å². The van der Waals surface area contributed by atoms with Crippen molar-refractivity contribution in [1.29, 1.82) is 0 Å². The first kappa shape index (κ1) is 9.71. The highest BCUT2D eigenvalue weighted by molar-refractivity contribution is 5.39. The highest BCUT2D eigenvalue weighted by Crippen LogP contribution is 2.24. The molecule has 0 spiro atoms. The van der Waals surface area contributed by atoms with Crippen LogP contribution in [0.2, 0.25) is 0 Å². The van der Waals surface area contributed by atoms with Gasteiger partial charge < -0.3 is 4.57 Å². The van der Waals surface area contributed by atoms with Crippen LogP contribution in [0.5, 0.6) is 0 Å². The molecule has 0 aliphatic heterocycles. The molecular formula is C15H17N. The SMILES string of the molecule is Cc1ccc(-n2cc3c(c2)CCCC3)cc1. The molecule has 0 amide bonds. The highest BCUT2D eigenvalue weighted by Gasteiger charge is 2.11. The Balaban J connectivity index is 2.00. The highest BCUT2D eigenvalue weighted by atomic mass is 14.9. The summed E-state index contributed by atoms with van der Waals surface area (Å²) in [6.45, 7) is 2.13. The van der Waals surface area contributed by atoms with E-state index in [1.807, 2.05) is 0 Å². The first-order chi connectivity index (χ1) is 7.83. The van der Waals surface area contributed by atoms with E-state index >= 15 is 0 Å². The van der Waals surface area contributed by atoms with Crippen molar-refractivity contribution in [2.75, 3.05) is 0 Å². The van der Waals surface area contributed by atoms with Crippen molar-refractivity contribution in [3.8, 4) is 5.69 Å². The van der Waals surface area contributed by atoms with Gasteiger partial charge in [0, 0.05) is 18.1 Å². The molecule has 1 heterocycles. The molecule has 82 valence electrons. The Morgan fingerprint density at radius 1 is 0.875 bits per heavy atom. The summed E-state index contributed by atoms with van der Waals surface area (Å²) in [5.74, 6) is 0. The van der Waals surface area contributed by atoms with Gasteiger partial charge >= 0.3 is 0 Å². The van der Waals surface area contributed by atoms with Crippen molar-refractivity contribution in [2.24, 2.45) is 0 Å². The molecule has 1 aliphatic rings. The van der Waals surface area contributed by atoms with Crippen LogP contribution < -0.4 is 0 Å². The molecular weight excluding hydrogens is 194 g/mol. The Morgan fingerprint density at radius 2 is 1.44 bits per heavy atom. The molecule has 16 heavy (non-hydrogen) atoms. The normalized spacial score (nSPS) is 14.8. The topological polar surface area (TPSA) is 4.93 Å². The lowest BCUT2D eigenvalue weighted by molar-refractivity contribution is 0.690. The predicted molar refractivity (Wildman–Crippen MR) is 67.1 cm³/mol. The van der Waals surface area contributed by atoms with Gasteiger partial charge in [-0.25, -0.2) is 0 Å². The second-order valence-electron chi connectivity index (χ2n) is 4.76. The summed E-state index contributed by atoms with van der Waals surface area (Å²) in [5, 5.41) is 0. The van der Waals surface area contributed by atoms with Crippen LogP contribution in [0, 0.1) is 6.92 Å². The van der Waals surface area contributed by atoms with Crippen LogP contribution in [0.15, 0.2) is 36.7 Å². The van der Waals surface area contributed by atoms with Gasteiger partial charge in [-0.1, -0.05) is 17.7 Å². The Hall–Kier alpha value is -1.50. The minimum Gasteiger partial charge on any atom is -0.323 e. The zero-order valence-corrected chi connectivity index (χ0v) is 9.74. The number of nitrogens with zero attached hydrogens (tertiary/aromatic N) is 1. The van der Waals surface area contributed by atoms with E-state index in [4.69, 9.17) is 0 Å². The van der Waals surface area contributed by atoms with Gasteiger partial charge in [-0.15, -0.1) is 0 Å². The summed E-state index contributed by atoms with van der Waals surface area (Å²) in [5.41, 5.74) is 5.69. The Labute approximate surface area is 96.7 Å². The molecule has 2 aromatic rings. The molecule has 3 rings (SSSR count). The third kappa shape index (κ3) is 1.67. The minimum absolute atomic E-state index is 1.26. The van der Waals surface area contributed by atoms with Crippen LogP contribution in [-0.2, 0) is 12.8 Å². The molecule has 0 saturated carbocycles. The summed E-state index contributed by atoms with van der Waals surface area (Å²) >= 11 is 0. The maximum atomic E-state index is 2.30. The fraction of sp³-hybridized carbons (Fsp3) is 0.333. The number of aryl methyl sites for hydroxylation is 3. The summed E-state index contributed by atoms with van der Waals surface area (Å²) in [6.07, 6.45) is 9.83. The van der Waals surface area contributed by atoms with Gasteiger partial charge in [0.2, 0.25) is 0 Å². The standard InChI is InChI=1S/C15H17N/c1-12-6-8-15(9-7-12)16-10-13-4-2-3-5-14(13)11-16/h6-11H,2-5H2,1H3. The number of benzene rings is 1. The molecule has 1 heteroatoms. The third-order valence-corrected chi connectivity index (χ3v) is 3.48. The summed E-state index contributed by atoms with van der Waals surface area (Å²) in [4.78, 5) is 0. The van der Waals surface area contributed by atoms with E-state index < -0.39 is 0 Å². The van der Waals surface area contributed by atoms with Gasteiger partial charge in [0.05, 0.1) is 0 Å². The van der Waals surface area contributed by atoms with Gasteiger partial charge in [-0.2, -0.15) is 0 Å². The molecule has 1 nitrogen and oxygen atoms in total. The molecule has 0 atom stereocenters. The summed E-state index contributed by atoms with van der Waals surface area (Å²) in [6, 6.07) is 8.74. The first-order valence-corrected chi connectivity index (χ1v) is 6.10. The fourth-order valence-corrected chi connectivity index (χ4v) is 2.49. The predicted octanol–water partition coefficient (Wildman–Crippen LogP) is 3.66. The Bertz CT molecular complexity index is 467. The summed E-state index contributed by atoms with van der Waals surface area (Å²) in [7, 11) is 0. The van der Waals surface area contributed by atoms with Crippen LogP contribution in [-0.4, -0.2) is 4.57 Å². The second-order valence-corrected chi connectivity index (χ2v) is 4.76. The average molecular weight is 211 g/mol. The van der Waals surface area contributed by atoms with Crippen molar-refractivity contribution < 1.29 is 0 Å². The van der Waals surface area contributed by atoms with Gasteiger partial charge in [0.15, 0.2) is 0 Å². The van der Waals surface area contributed by atoms with E-state index in [2.05, 4.69) is 48.1 Å². The van der Waals surface area contributed by atoms with Crippen LogP contribution in [0.4, 0.5) is 0 Å². The van der Waals surface area contributed by atoms with Gasteiger partial charge in [-0.05, 0) is 55.9 Å². The maximum absolute atomic E-state index is 2.30. The van der Waals surface area contributed by atoms with E-state index in [1.165, 1.54) is 36.9 Å². The molecule has 0 radical (unpaired) electrons. The number of rotatable bonds is 1. The Kier molecular flexibility index (Phi) is 2.32. The van der Waals surface area contributed by atoms with E-state index in [-0.39, 0.29) is 0 Å². The van der Waals surface area contributed by atoms with Crippen LogP contribution in [0.25, 0.3) is 5.69 Å². The molecule has 1 aliphatic carbocycles. The van der Waals surface area contributed by atoms with Crippen LogP contribution >= 0.6 is 0 Å².